The molecule has 0 atom stereocenters. The minimum atomic E-state index is 0.596. The van der Waals surface area contributed by atoms with Crippen molar-refractivity contribution in [2.24, 2.45) is 0 Å². The molecule has 3 heteroatoms. The van der Waals surface area contributed by atoms with Gasteiger partial charge in [-0.15, -0.1) is 0 Å². The molecule has 74 valence electrons. The van der Waals surface area contributed by atoms with Gasteiger partial charge in [-0.05, 0) is 24.3 Å². The van der Waals surface area contributed by atoms with E-state index in [9.17, 15) is 0 Å². The second kappa shape index (κ2) is 3.58. The molecule has 0 aliphatic rings. The Kier molecular flexibility index (Phi) is 2.26. The van der Waals surface area contributed by atoms with Crippen LogP contribution >= 0.6 is 0 Å². The first-order valence-electron chi connectivity index (χ1n) is 4.68. The number of aromatic nitrogens is 1. The van der Waals surface area contributed by atoms with E-state index < -0.39 is 0 Å². The van der Waals surface area contributed by atoms with Crippen LogP contribution in [0, 0.1) is 11.3 Å². The summed E-state index contributed by atoms with van der Waals surface area (Å²) in [6.07, 6.45) is 1.59. The fourth-order valence-corrected chi connectivity index (χ4v) is 1.46. The fraction of sp³-hybridized carbons (Fsp3) is 0.167. The van der Waals surface area contributed by atoms with Crippen LogP contribution in [0.4, 0.5) is 5.69 Å². The molecule has 0 spiro atoms. The Bertz CT molecular complexity index is 538. The number of nitrogens with zero attached hydrogens (tertiary/aromatic N) is 3. The summed E-state index contributed by atoms with van der Waals surface area (Å²) >= 11 is 0. The van der Waals surface area contributed by atoms with Crippen molar-refractivity contribution in [2.45, 2.75) is 0 Å². The second-order valence-electron chi connectivity index (χ2n) is 3.61. The lowest BCUT2D eigenvalue weighted by molar-refractivity contribution is 1.13. The summed E-state index contributed by atoms with van der Waals surface area (Å²) in [6, 6.07) is 9.96. The zero-order valence-corrected chi connectivity index (χ0v) is 8.73. The first-order valence-corrected chi connectivity index (χ1v) is 4.68. The quantitative estimate of drug-likeness (QED) is 0.703. The smallest absolute Gasteiger partial charge is 0.101 e. The van der Waals surface area contributed by atoms with Crippen molar-refractivity contribution in [1.29, 1.82) is 5.26 Å². The van der Waals surface area contributed by atoms with Crippen molar-refractivity contribution in [3.63, 3.8) is 0 Å². The molecule has 0 unspecified atom stereocenters. The van der Waals surface area contributed by atoms with Gasteiger partial charge in [-0.2, -0.15) is 5.26 Å². The molecule has 1 aromatic carbocycles. The molecule has 0 amide bonds. The number of pyridine rings is 1. The van der Waals surface area contributed by atoms with E-state index in [1.165, 1.54) is 0 Å². The third-order valence-electron chi connectivity index (χ3n) is 2.31. The number of benzene rings is 1. The summed E-state index contributed by atoms with van der Waals surface area (Å²) in [5, 5.41) is 9.78. The van der Waals surface area contributed by atoms with Crippen LogP contribution in [-0.4, -0.2) is 19.1 Å². The zero-order chi connectivity index (χ0) is 10.8. The Balaban J connectivity index is 2.64. The molecule has 1 aromatic heterocycles. The monoisotopic (exact) mass is 197 g/mol. The molecular weight excluding hydrogens is 186 g/mol. The maximum atomic E-state index is 8.78. The molecule has 0 bridgehead atoms. The highest BCUT2D eigenvalue weighted by Gasteiger charge is 2.00. The van der Waals surface area contributed by atoms with Gasteiger partial charge in [0.05, 0.1) is 11.1 Å². The molecule has 2 rings (SSSR count). The normalized spacial score (nSPS) is 9.93. The van der Waals surface area contributed by atoms with Crippen LogP contribution in [0.5, 0.6) is 0 Å². The van der Waals surface area contributed by atoms with Crippen molar-refractivity contribution in [3.8, 4) is 6.07 Å². The minimum absolute atomic E-state index is 0.596. The highest BCUT2D eigenvalue weighted by molar-refractivity contribution is 5.83. The van der Waals surface area contributed by atoms with E-state index in [0.29, 0.717) is 5.56 Å². The van der Waals surface area contributed by atoms with Crippen LogP contribution < -0.4 is 4.90 Å². The average Bonchev–Trinajstić information content (AvgIpc) is 2.27. The predicted molar refractivity (Wildman–Crippen MR) is 60.8 cm³/mol. The Morgan fingerprint density at radius 3 is 2.73 bits per heavy atom. The highest BCUT2D eigenvalue weighted by atomic mass is 15.1. The Hall–Kier alpha value is -2.08. The summed E-state index contributed by atoms with van der Waals surface area (Å²) in [6.45, 7) is 0. The summed E-state index contributed by atoms with van der Waals surface area (Å²) in [5.41, 5.74) is 2.62. The van der Waals surface area contributed by atoms with E-state index >= 15 is 0 Å². The minimum Gasteiger partial charge on any atom is -0.378 e. The zero-order valence-electron chi connectivity index (χ0n) is 8.73. The maximum Gasteiger partial charge on any atom is 0.101 e. The van der Waals surface area contributed by atoms with Gasteiger partial charge in [0, 0.05) is 31.4 Å². The van der Waals surface area contributed by atoms with E-state index in [0.717, 1.165) is 16.6 Å². The molecular formula is C12H11N3. The number of fused-ring (bicyclic) bond motifs is 1. The average molecular weight is 197 g/mol. The predicted octanol–water partition coefficient (Wildman–Crippen LogP) is 2.17. The molecule has 1 heterocycles. The van der Waals surface area contributed by atoms with E-state index in [4.69, 9.17) is 5.26 Å². The van der Waals surface area contributed by atoms with Crippen LogP contribution in [0.25, 0.3) is 10.9 Å². The first kappa shape index (κ1) is 9.47. The summed E-state index contributed by atoms with van der Waals surface area (Å²) in [4.78, 5) is 6.24. The summed E-state index contributed by atoms with van der Waals surface area (Å²) < 4.78 is 0. The SMILES string of the molecule is CN(C)c1ccc2ncc(C#N)cc2c1. The van der Waals surface area contributed by atoms with Crippen molar-refractivity contribution >= 4 is 16.6 Å². The van der Waals surface area contributed by atoms with Crippen molar-refractivity contribution in [2.75, 3.05) is 19.0 Å². The molecule has 0 fully saturated rings. The third kappa shape index (κ3) is 1.75. The van der Waals surface area contributed by atoms with Gasteiger partial charge in [0.1, 0.15) is 6.07 Å². The van der Waals surface area contributed by atoms with Gasteiger partial charge >= 0.3 is 0 Å². The van der Waals surface area contributed by atoms with Crippen molar-refractivity contribution in [1.82, 2.24) is 4.98 Å². The topological polar surface area (TPSA) is 39.9 Å². The number of nitriles is 1. The molecule has 0 radical (unpaired) electrons. The number of hydrogen-bond acceptors (Lipinski definition) is 3. The van der Waals surface area contributed by atoms with Crippen LogP contribution in [0.1, 0.15) is 5.56 Å². The Labute approximate surface area is 88.6 Å². The van der Waals surface area contributed by atoms with E-state index in [2.05, 4.69) is 11.1 Å². The van der Waals surface area contributed by atoms with Crippen LogP contribution in [0.15, 0.2) is 30.5 Å². The molecule has 3 nitrogen and oxygen atoms in total. The molecule has 15 heavy (non-hydrogen) atoms. The van der Waals surface area contributed by atoms with Crippen LogP contribution in [-0.2, 0) is 0 Å². The first-order chi connectivity index (χ1) is 7.20. The Morgan fingerprint density at radius 1 is 1.27 bits per heavy atom. The molecule has 0 aliphatic carbocycles. The largest absolute Gasteiger partial charge is 0.378 e. The molecule has 0 saturated heterocycles. The van der Waals surface area contributed by atoms with E-state index in [-0.39, 0.29) is 0 Å². The van der Waals surface area contributed by atoms with E-state index in [1.807, 2.05) is 43.3 Å². The fourth-order valence-electron chi connectivity index (χ4n) is 1.46. The molecule has 0 N–H and O–H groups in total. The van der Waals surface area contributed by atoms with Gasteiger partial charge in [-0.25, -0.2) is 0 Å². The van der Waals surface area contributed by atoms with E-state index in [1.54, 1.807) is 6.20 Å². The standard InChI is InChI=1S/C12H11N3/c1-15(2)11-3-4-12-10(6-11)5-9(7-13)8-14-12/h3-6,8H,1-2H3. The second-order valence-corrected chi connectivity index (χ2v) is 3.61. The lowest BCUT2D eigenvalue weighted by Crippen LogP contribution is -2.08. The summed E-state index contributed by atoms with van der Waals surface area (Å²) in [7, 11) is 3.98. The van der Waals surface area contributed by atoms with Gasteiger partial charge < -0.3 is 4.90 Å². The number of anilines is 1. The molecule has 0 aliphatic heterocycles. The number of hydrogen-bond donors (Lipinski definition) is 0. The maximum absolute atomic E-state index is 8.78. The molecule has 0 saturated carbocycles. The Morgan fingerprint density at radius 2 is 2.07 bits per heavy atom. The van der Waals surface area contributed by atoms with Gasteiger partial charge in [0.25, 0.3) is 0 Å². The summed E-state index contributed by atoms with van der Waals surface area (Å²) in [5.74, 6) is 0. The van der Waals surface area contributed by atoms with Gasteiger partial charge in [0.2, 0.25) is 0 Å². The van der Waals surface area contributed by atoms with Crippen LogP contribution in [0.3, 0.4) is 0 Å². The number of rotatable bonds is 1. The van der Waals surface area contributed by atoms with Crippen molar-refractivity contribution in [3.05, 3.63) is 36.0 Å². The molecule has 2 aromatic rings. The lowest BCUT2D eigenvalue weighted by Gasteiger charge is -2.12. The van der Waals surface area contributed by atoms with Gasteiger partial charge in [-0.1, -0.05) is 0 Å². The van der Waals surface area contributed by atoms with Gasteiger partial charge in [0.15, 0.2) is 0 Å². The van der Waals surface area contributed by atoms with Gasteiger partial charge in [-0.3, -0.25) is 4.98 Å². The highest BCUT2D eigenvalue weighted by Crippen LogP contribution is 2.19. The van der Waals surface area contributed by atoms with Crippen LogP contribution in [0.2, 0.25) is 0 Å². The third-order valence-corrected chi connectivity index (χ3v) is 2.31. The lowest BCUT2D eigenvalue weighted by atomic mass is 10.1. The van der Waals surface area contributed by atoms with Crippen molar-refractivity contribution < 1.29 is 0 Å².